The standard InChI is InChI=1S/C14H21N3O3/c1-9(11-5-7-12(20-4)8-6-11)16-10(2)13(18)17-14(19)15-3/h5-10,16H,1-4H3,(H2,15,17,18,19). The molecule has 6 heteroatoms. The van der Waals surface area contributed by atoms with Crippen molar-refractivity contribution in [1.29, 1.82) is 0 Å². The Hall–Kier alpha value is -2.08. The lowest BCUT2D eigenvalue weighted by atomic mass is 10.1. The van der Waals surface area contributed by atoms with Crippen molar-refractivity contribution in [2.75, 3.05) is 14.2 Å². The molecule has 2 atom stereocenters. The first kappa shape index (κ1) is 16.0. The number of methoxy groups -OCH3 is 1. The second-order valence-corrected chi connectivity index (χ2v) is 4.45. The van der Waals surface area contributed by atoms with E-state index in [1.165, 1.54) is 7.05 Å². The Kier molecular flexibility index (Phi) is 5.99. The molecule has 6 nitrogen and oxygen atoms in total. The lowest BCUT2D eigenvalue weighted by Crippen LogP contribution is -2.47. The van der Waals surface area contributed by atoms with Gasteiger partial charge < -0.3 is 10.1 Å². The summed E-state index contributed by atoms with van der Waals surface area (Å²) in [5.74, 6) is 0.413. The lowest BCUT2D eigenvalue weighted by Gasteiger charge is -2.19. The topological polar surface area (TPSA) is 79.5 Å². The molecule has 0 fully saturated rings. The fourth-order valence-electron chi connectivity index (χ4n) is 1.72. The molecule has 0 aliphatic carbocycles. The summed E-state index contributed by atoms with van der Waals surface area (Å²) in [7, 11) is 3.07. The van der Waals surface area contributed by atoms with Gasteiger partial charge in [0, 0.05) is 13.1 Å². The molecule has 0 spiro atoms. The van der Waals surface area contributed by atoms with Crippen molar-refractivity contribution in [3.05, 3.63) is 29.8 Å². The molecule has 0 aliphatic rings. The van der Waals surface area contributed by atoms with Crippen molar-refractivity contribution in [3.63, 3.8) is 0 Å². The smallest absolute Gasteiger partial charge is 0.321 e. The maximum absolute atomic E-state index is 11.7. The Morgan fingerprint density at radius 2 is 1.75 bits per heavy atom. The van der Waals surface area contributed by atoms with Crippen LogP contribution < -0.4 is 20.7 Å². The minimum atomic E-state index is -0.513. The predicted octanol–water partition coefficient (Wildman–Crippen LogP) is 1.19. The molecular formula is C14H21N3O3. The van der Waals surface area contributed by atoms with Crippen molar-refractivity contribution in [1.82, 2.24) is 16.0 Å². The van der Waals surface area contributed by atoms with Crippen LogP contribution in [0.5, 0.6) is 5.75 Å². The summed E-state index contributed by atoms with van der Waals surface area (Å²) in [5.41, 5.74) is 1.03. The normalized spacial score (nSPS) is 13.2. The van der Waals surface area contributed by atoms with Gasteiger partial charge in [0.15, 0.2) is 0 Å². The maximum Gasteiger partial charge on any atom is 0.321 e. The largest absolute Gasteiger partial charge is 0.497 e. The number of amides is 3. The number of ether oxygens (including phenoxy) is 1. The number of rotatable bonds is 5. The van der Waals surface area contributed by atoms with E-state index in [2.05, 4.69) is 16.0 Å². The number of hydrogen-bond acceptors (Lipinski definition) is 4. The fraction of sp³-hybridized carbons (Fsp3) is 0.429. The third-order valence-corrected chi connectivity index (χ3v) is 2.97. The van der Waals surface area contributed by atoms with Crippen LogP contribution in [0.1, 0.15) is 25.5 Å². The molecule has 0 bridgehead atoms. The van der Waals surface area contributed by atoms with E-state index in [0.29, 0.717) is 0 Å². The fourth-order valence-corrected chi connectivity index (χ4v) is 1.72. The molecule has 0 aliphatic heterocycles. The quantitative estimate of drug-likeness (QED) is 0.756. The number of imide groups is 1. The number of benzene rings is 1. The van der Waals surface area contributed by atoms with Crippen LogP contribution in [-0.4, -0.2) is 32.1 Å². The third-order valence-electron chi connectivity index (χ3n) is 2.97. The van der Waals surface area contributed by atoms with Crippen LogP contribution in [0.15, 0.2) is 24.3 Å². The van der Waals surface area contributed by atoms with Gasteiger partial charge in [0.25, 0.3) is 0 Å². The van der Waals surface area contributed by atoms with Crippen molar-refractivity contribution in [3.8, 4) is 5.75 Å². The Balaban J connectivity index is 2.57. The Morgan fingerprint density at radius 3 is 2.25 bits per heavy atom. The molecule has 0 saturated carbocycles. The molecule has 20 heavy (non-hydrogen) atoms. The van der Waals surface area contributed by atoms with Gasteiger partial charge in [-0.2, -0.15) is 0 Å². The molecule has 3 amide bonds. The monoisotopic (exact) mass is 279 g/mol. The first-order valence-corrected chi connectivity index (χ1v) is 6.40. The zero-order valence-electron chi connectivity index (χ0n) is 12.2. The van der Waals surface area contributed by atoms with Gasteiger partial charge in [0.2, 0.25) is 5.91 Å². The highest BCUT2D eigenvalue weighted by Gasteiger charge is 2.17. The van der Waals surface area contributed by atoms with E-state index < -0.39 is 12.1 Å². The van der Waals surface area contributed by atoms with Gasteiger partial charge in [-0.3, -0.25) is 15.4 Å². The van der Waals surface area contributed by atoms with Crippen molar-refractivity contribution >= 4 is 11.9 Å². The average Bonchev–Trinajstić information content (AvgIpc) is 2.46. The summed E-state index contributed by atoms with van der Waals surface area (Å²) < 4.78 is 5.10. The predicted molar refractivity (Wildman–Crippen MR) is 76.6 cm³/mol. The highest BCUT2D eigenvalue weighted by molar-refractivity contribution is 5.96. The zero-order valence-corrected chi connectivity index (χ0v) is 12.2. The molecule has 110 valence electrons. The summed E-state index contributed by atoms with van der Waals surface area (Å²) in [6, 6.07) is 6.57. The van der Waals surface area contributed by atoms with Crippen LogP contribution in [0.25, 0.3) is 0 Å². The van der Waals surface area contributed by atoms with Crippen LogP contribution in [0.3, 0.4) is 0 Å². The molecule has 1 aromatic carbocycles. The van der Waals surface area contributed by atoms with E-state index in [9.17, 15) is 9.59 Å². The molecule has 0 saturated heterocycles. The van der Waals surface area contributed by atoms with Gasteiger partial charge in [-0.05, 0) is 31.5 Å². The highest BCUT2D eigenvalue weighted by atomic mass is 16.5. The van der Waals surface area contributed by atoms with Crippen LogP contribution in [0, 0.1) is 0 Å². The van der Waals surface area contributed by atoms with Gasteiger partial charge in [-0.15, -0.1) is 0 Å². The second kappa shape index (κ2) is 7.49. The third kappa shape index (κ3) is 4.55. The number of nitrogens with one attached hydrogen (secondary N) is 3. The van der Waals surface area contributed by atoms with Crippen molar-refractivity contribution < 1.29 is 14.3 Å². The van der Waals surface area contributed by atoms with E-state index in [4.69, 9.17) is 4.74 Å². The second-order valence-electron chi connectivity index (χ2n) is 4.45. The first-order chi connectivity index (χ1) is 9.47. The van der Waals surface area contributed by atoms with Gasteiger partial charge in [0.1, 0.15) is 5.75 Å². The molecule has 1 rings (SSSR count). The van der Waals surface area contributed by atoms with Crippen LogP contribution >= 0.6 is 0 Å². The number of carbonyl (C=O) groups is 2. The molecule has 2 unspecified atom stereocenters. The number of carbonyl (C=O) groups excluding carboxylic acids is 2. The molecule has 0 aromatic heterocycles. The van der Waals surface area contributed by atoms with Crippen molar-refractivity contribution in [2.45, 2.75) is 25.9 Å². The summed E-state index contributed by atoms with van der Waals surface area (Å²) in [6.45, 7) is 3.66. The molecule has 3 N–H and O–H groups in total. The molecule has 1 aromatic rings. The summed E-state index contributed by atoms with van der Waals surface area (Å²) in [6.07, 6.45) is 0. The first-order valence-electron chi connectivity index (χ1n) is 6.40. The van der Waals surface area contributed by atoms with E-state index in [1.54, 1.807) is 14.0 Å². The Labute approximate surface area is 118 Å². The molecule has 0 heterocycles. The van der Waals surface area contributed by atoms with E-state index in [1.807, 2.05) is 31.2 Å². The zero-order chi connectivity index (χ0) is 15.1. The minimum absolute atomic E-state index is 0.0219. The van der Waals surface area contributed by atoms with Crippen molar-refractivity contribution in [2.24, 2.45) is 0 Å². The minimum Gasteiger partial charge on any atom is -0.497 e. The molecule has 0 radical (unpaired) electrons. The Bertz CT molecular complexity index is 459. The highest BCUT2D eigenvalue weighted by Crippen LogP contribution is 2.17. The van der Waals surface area contributed by atoms with Gasteiger partial charge in [-0.25, -0.2) is 4.79 Å². The maximum atomic E-state index is 11.7. The van der Waals surface area contributed by atoms with E-state index in [0.717, 1.165) is 11.3 Å². The van der Waals surface area contributed by atoms with Gasteiger partial charge >= 0.3 is 6.03 Å². The van der Waals surface area contributed by atoms with Crippen LogP contribution in [-0.2, 0) is 4.79 Å². The summed E-state index contributed by atoms with van der Waals surface area (Å²) in [5, 5.41) is 7.70. The van der Waals surface area contributed by atoms with E-state index >= 15 is 0 Å². The SMILES string of the molecule is CNC(=O)NC(=O)C(C)NC(C)c1ccc(OC)cc1. The van der Waals surface area contributed by atoms with Gasteiger partial charge in [0.05, 0.1) is 13.2 Å². The average molecular weight is 279 g/mol. The number of urea groups is 1. The summed E-state index contributed by atoms with van der Waals surface area (Å²) >= 11 is 0. The van der Waals surface area contributed by atoms with Crippen LogP contribution in [0.4, 0.5) is 4.79 Å². The van der Waals surface area contributed by atoms with Gasteiger partial charge in [-0.1, -0.05) is 12.1 Å². The van der Waals surface area contributed by atoms with Crippen LogP contribution in [0.2, 0.25) is 0 Å². The number of hydrogen-bond donors (Lipinski definition) is 3. The molecular weight excluding hydrogens is 258 g/mol. The Morgan fingerprint density at radius 1 is 1.15 bits per heavy atom. The summed E-state index contributed by atoms with van der Waals surface area (Å²) in [4.78, 5) is 22.8. The van der Waals surface area contributed by atoms with E-state index in [-0.39, 0.29) is 11.9 Å². The lowest BCUT2D eigenvalue weighted by molar-refractivity contribution is -0.121.